The Morgan fingerprint density at radius 1 is 1.21 bits per heavy atom. The van der Waals surface area contributed by atoms with E-state index >= 15 is 0 Å². The minimum absolute atomic E-state index is 0.251. The topological polar surface area (TPSA) is 38.0 Å². The molecule has 4 heteroatoms. The summed E-state index contributed by atoms with van der Waals surface area (Å²) in [4.78, 5) is 0. The number of nitrogens with two attached hydrogens (primary N) is 1. The minimum Gasteiger partial charge on any atom is -0.271 e. The van der Waals surface area contributed by atoms with E-state index in [2.05, 4.69) is 67.9 Å². The van der Waals surface area contributed by atoms with Crippen LogP contribution in [0.5, 0.6) is 0 Å². The second kappa shape index (κ2) is 7.02. The van der Waals surface area contributed by atoms with Gasteiger partial charge in [0, 0.05) is 22.0 Å². The Kier molecular flexibility index (Phi) is 5.63. The molecule has 0 radical (unpaired) electrons. The fraction of sp³-hybridized carbons (Fsp3) is 0.600. The molecule has 1 aliphatic rings. The lowest BCUT2D eigenvalue weighted by Gasteiger charge is -2.36. The molecule has 1 fully saturated rings. The van der Waals surface area contributed by atoms with Gasteiger partial charge in [-0.25, -0.2) is 0 Å². The third-order valence-electron chi connectivity index (χ3n) is 3.61. The number of benzene rings is 1. The Bertz CT molecular complexity index is 402. The van der Waals surface area contributed by atoms with Crippen LogP contribution in [0.4, 0.5) is 0 Å². The molecule has 0 bridgehead atoms. The fourth-order valence-electron chi connectivity index (χ4n) is 2.82. The van der Waals surface area contributed by atoms with Gasteiger partial charge in [0.15, 0.2) is 0 Å². The largest absolute Gasteiger partial charge is 0.271 e. The molecular weight excluding hydrogens is 272 g/mol. The van der Waals surface area contributed by atoms with Gasteiger partial charge >= 0.3 is 0 Å². The maximum Gasteiger partial charge on any atom is 0.0589 e. The van der Waals surface area contributed by atoms with Crippen LogP contribution in [0.1, 0.15) is 36.1 Å². The van der Waals surface area contributed by atoms with E-state index in [4.69, 9.17) is 5.84 Å². The van der Waals surface area contributed by atoms with Crippen LogP contribution in [0.2, 0.25) is 0 Å². The summed E-state index contributed by atoms with van der Waals surface area (Å²) in [5, 5.41) is 1.26. The van der Waals surface area contributed by atoms with Crippen LogP contribution in [-0.4, -0.2) is 22.0 Å². The molecule has 2 nitrogen and oxygen atoms in total. The van der Waals surface area contributed by atoms with Crippen molar-refractivity contribution >= 4 is 23.5 Å². The van der Waals surface area contributed by atoms with Crippen molar-refractivity contribution in [3.8, 4) is 0 Å². The van der Waals surface area contributed by atoms with E-state index < -0.39 is 0 Å². The van der Waals surface area contributed by atoms with Gasteiger partial charge in [-0.1, -0.05) is 36.2 Å². The van der Waals surface area contributed by atoms with Gasteiger partial charge in [-0.05, 0) is 25.8 Å². The summed E-state index contributed by atoms with van der Waals surface area (Å²) >= 11 is 4.17. The zero-order valence-corrected chi connectivity index (χ0v) is 13.6. The van der Waals surface area contributed by atoms with E-state index in [-0.39, 0.29) is 6.04 Å². The van der Waals surface area contributed by atoms with E-state index in [1.54, 1.807) is 0 Å². The fourth-order valence-corrected chi connectivity index (χ4v) is 6.05. The summed E-state index contributed by atoms with van der Waals surface area (Å²) < 4.78 is 0. The summed E-state index contributed by atoms with van der Waals surface area (Å²) in [5.41, 5.74) is 7.04. The Morgan fingerprint density at radius 2 is 1.84 bits per heavy atom. The Hall–Kier alpha value is -0.160. The third kappa shape index (κ3) is 3.69. The van der Waals surface area contributed by atoms with Crippen LogP contribution in [0.25, 0.3) is 0 Å². The quantitative estimate of drug-likeness (QED) is 0.659. The van der Waals surface area contributed by atoms with Crippen LogP contribution >= 0.6 is 23.5 Å². The molecule has 1 saturated heterocycles. The van der Waals surface area contributed by atoms with Crippen molar-refractivity contribution in [3.05, 3.63) is 34.9 Å². The molecule has 0 spiro atoms. The highest BCUT2D eigenvalue weighted by molar-refractivity contribution is 8.07. The van der Waals surface area contributed by atoms with Crippen molar-refractivity contribution in [1.29, 1.82) is 0 Å². The van der Waals surface area contributed by atoms with Crippen molar-refractivity contribution < 1.29 is 0 Å². The molecular formula is C15H24N2S2. The van der Waals surface area contributed by atoms with Crippen LogP contribution in [0, 0.1) is 13.8 Å². The van der Waals surface area contributed by atoms with Crippen molar-refractivity contribution in [2.45, 2.75) is 43.7 Å². The van der Waals surface area contributed by atoms with Gasteiger partial charge < -0.3 is 0 Å². The van der Waals surface area contributed by atoms with Crippen molar-refractivity contribution in [2.75, 3.05) is 11.5 Å². The van der Waals surface area contributed by atoms with Crippen LogP contribution in [0.3, 0.4) is 0 Å². The predicted octanol–water partition coefficient (Wildman–Crippen LogP) is 3.44. The average Bonchev–Trinajstić information content (AvgIpc) is 2.39. The first-order valence-electron chi connectivity index (χ1n) is 6.93. The number of hydrazine groups is 1. The summed E-state index contributed by atoms with van der Waals surface area (Å²) in [7, 11) is 0. The Labute approximate surface area is 125 Å². The first-order valence-corrected chi connectivity index (χ1v) is 9.03. The molecule has 1 heterocycles. The molecule has 19 heavy (non-hydrogen) atoms. The zero-order valence-electron chi connectivity index (χ0n) is 12.0. The SMILES string of the molecule is CCC1SCCSC1C(NN)c1cc(C)cc(C)c1. The van der Waals surface area contributed by atoms with E-state index in [1.807, 2.05) is 0 Å². The van der Waals surface area contributed by atoms with Gasteiger partial charge in [-0.2, -0.15) is 23.5 Å². The first kappa shape index (κ1) is 15.2. The molecule has 1 aromatic rings. The summed E-state index contributed by atoms with van der Waals surface area (Å²) in [5.74, 6) is 8.38. The van der Waals surface area contributed by atoms with Gasteiger partial charge in [-0.15, -0.1) is 0 Å². The molecule has 0 aliphatic carbocycles. The predicted molar refractivity (Wildman–Crippen MR) is 88.8 cm³/mol. The van der Waals surface area contributed by atoms with Gasteiger partial charge in [0.25, 0.3) is 0 Å². The molecule has 3 N–H and O–H groups in total. The highest BCUT2D eigenvalue weighted by atomic mass is 32.2. The molecule has 3 atom stereocenters. The maximum atomic E-state index is 5.88. The van der Waals surface area contributed by atoms with Crippen molar-refractivity contribution in [3.63, 3.8) is 0 Å². The summed E-state index contributed by atoms with van der Waals surface area (Å²) in [6.45, 7) is 6.60. The molecule has 3 unspecified atom stereocenters. The first-order chi connectivity index (χ1) is 9.15. The molecule has 1 aliphatic heterocycles. The number of aryl methyl sites for hydroxylation is 2. The normalized spacial score (nSPS) is 25.3. The highest BCUT2D eigenvalue weighted by Gasteiger charge is 2.32. The van der Waals surface area contributed by atoms with E-state index in [0.29, 0.717) is 10.5 Å². The summed E-state index contributed by atoms with van der Waals surface area (Å²) in [6.07, 6.45) is 1.21. The number of hydrogen-bond acceptors (Lipinski definition) is 4. The van der Waals surface area contributed by atoms with Gasteiger partial charge in [0.2, 0.25) is 0 Å². The van der Waals surface area contributed by atoms with Crippen molar-refractivity contribution in [2.24, 2.45) is 5.84 Å². The molecule has 106 valence electrons. The molecule has 0 saturated carbocycles. The van der Waals surface area contributed by atoms with Gasteiger partial charge in [0.05, 0.1) is 6.04 Å². The smallest absolute Gasteiger partial charge is 0.0589 e. The van der Waals surface area contributed by atoms with E-state index in [1.165, 1.54) is 34.6 Å². The number of thioether (sulfide) groups is 2. The number of hydrogen-bond donors (Lipinski definition) is 2. The lowest BCUT2D eigenvalue weighted by Crippen LogP contribution is -2.41. The van der Waals surface area contributed by atoms with Crippen molar-refractivity contribution in [1.82, 2.24) is 5.43 Å². The monoisotopic (exact) mass is 296 g/mol. The third-order valence-corrected chi connectivity index (χ3v) is 6.96. The second-order valence-corrected chi connectivity index (χ2v) is 7.85. The number of rotatable bonds is 4. The van der Waals surface area contributed by atoms with Gasteiger partial charge in [-0.3, -0.25) is 11.3 Å². The maximum absolute atomic E-state index is 5.88. The lowest BCUT2D eigenvalue weighted by atomic mass is 9.97. The average molecular weight is 297 g/mol. The zero-order chi connectivity index (χ0) is 13.8. The molecule has 1 aromatic carbocycles. The number of nitrogens with one attached hydrogen (secondary N) is 1. The standard InChI is InChI=1S/C15H24N2S2/c1-4-13-15(19-6-5-18-13)14(17-16)12-8-10(2)7-11(3)9-12/h7-9,13-15,17H,4-6,16H2,1-3H3. The van der Waals surface area contributed by atoms with E-state index in [9.17, 15) is 0 Å². The van der Waals surface area contributed by atoms with Crippen LogP contribution in [0.15, 0.2) is 18.2 Å². The van der Waals surface area contributed by atoms with Gasteiger partial charge in [0.1, 0.15) is 0 Å². The summed E-state index contributed by atoms with van der Waals surface area (Å²) in [6, 6.07) is 7.01. The molecule has 0 amide bonds. The molecule has 0 aromatic heterocycles. The van der Waals surface area contributed by atoms with Crippen LogP contribution in [-0.2, 0) is 0 Å². The highest BCUT2D eigenvalue weighted by Crippen LogP contribution is 2.40. The van der Waals surface area contributed by atoms with Crippen LogP contribution < -0.4 is 11.3 Å². The molecule has 2 rings (SSSR count). The minimum atomic E-state index is 0.251. The Balaban J connectivity index is 2.27. The lowest BCUT2D eigenvalue weighted by molar-refractivity contribution is 0.513. The second-order valence-electron chi connectivity index (χ2n) is 5.22. The Morgan fingerprint density at radius 3 is 2.42 bits per heavy atom. The van der Waals surface area contributed by atoms with E-state index in [0.717, 1.165) is 0 Å².